The van der Waals surface area contributed by atoms with E-state index in [0.717, 1.165) is 39.1 Å². The van der Waals surface area contributed by atoms with Gasteiger partial charge in [0.25, 0.3) is 0 Å². The van der Waals surface area contributed by atoms with Crippen molar-refractivity contribution in [3.8, 4) is 33.6 Å². The van der Waals surface area contributed by atoms with E-state index in [1.54, 1.807) is 0 Å². The monoisotopic (exact) mass is 823 g/mol. The predicted molar refractivity (Wildman–Crippen MR) is 199 cm³/mol. The van der Waals surface area contributed by atoms with Crippen LogP contribution in [0.5, 0.6) is 0 Å². The first kappa shape index (κ1) is 33.0. The summed E-state index contributed by atoms with van der Waals surface area (Å²) in [5.41, 5.74) is 10.8. The third-order valence-corrected chi connectivity index (χ3v) is 15.0. The Morgan fingerprint density at radius 2 is 1.43 bits per heavy atom. The second kappa shape index (κ2) is 12.6. The van der Waals surface area contributed by atoms with Crippen LogP contribution in [-0.2, 0) is 20.1 Å². The summed E-state index contributed by atoms with van der Waals surface area (Å²) in [7, 11) is -2.95. The molecule has 0 bridgehead atoms. The number of hydrogen-bond donors (Lipinski definition) is 0. The molecule has 3 nitrogen and oxygen atoms in total. The molecular formula is C41H38IrN2OSi2-2. The van der Waals surface area contributed by atoms with Crippen LogP contribution in [0.2, 0.25) is 32.7 Å². The number of benzene rings is 4. The Bertz CT molecular complexity index is 2230. The molecule has 3 aromatic heterocycles. The van der Waals surface area contributed by atoms with Gasteiger partial charge in [0.1, 0.15) is 13.7 Å². The summed E-state index contributed by atoms with van der Waals surface area (Å²) in [5.74, 6) is 0. The van der Waals surface area contributed by atoms with Gasteiger partial charge >= 0.3 is 0 Å². The van der Waals surface area contributed by atoms with Crippen molar-refractivity contribution in [3.05, 3.63) is 127 Å². The molecule has 4 aromatic carbocycles. The van der Waals surface area contributed by atoms with E-state index in [-0.39, 0.29) is 20.1 Å². The van der Waals surface area contributed by atoms with E-state index in [4.69, 9.17) is 4.42 Å². The molecule has 1 aliphatic heterocycles. The minimum Gasteiger partial charge on any atom is -0.500 e. The van der Waals surface area contributed by atoms with E-state index in [9.17, 15) is 0 Å². The Morgan fingerprint density at radius 1 is 0.681 bits per heavy atom. The van der Waals surface area contributed by atoms with Gasteiger partial charge in [-0.2, -0.15) is 0 Å². The van der Waals surface area contributed by atoms with E-state index < -0.39 is 16.1 Å². The number of fused-ring (bicyclic) bond motifs is 7. The topological polar surface area (TPSA) is 38.9 Å². The fourth-order valence-electron chi connectivity index (χ4n) is 6.49. The van der Waals surface area contributed by atoms with Crippen LogP contribution in [0.1, 0.15) is 11.1 Å². The number of aryl methyl sites for hydroxylation is 2. The third kappa shape index (κ3) is 5.89. The van der Waals surface area contributed by atoms with Gasteiger partial charge in [-0.05, 0) is 51.9 Å². The van der Waals surface area contributed by atoms with Crippen molar-refractivity contribution < 1.29 is 24.5 Å². The van der Waals surface area contributed by atoms with Crippen LogP contribution in [0, 0.1) is 26.0 Å². The fraction of sp³-hybridized carbons (Fsp3) is 0.171. The Balaban J connectivity index is 0.000000194. The number of rotatable bonds is 3. The quantitative estimate of drug-likeness (QED) is 0.132. The summed E-state index contributed by atoms with van der Waals surface area (Å²) in [6, 6.07) is 38.5. The van der Waals surface area contributed by atoms with Crippen LogP contribution >= 0.6 is 0 Å². The van der Waals surface area contributed by atoms with Gasteiger partial charge in [-0.15, -0.1) is 54.1 Å². The van der Waals surface area contributed by atoms with Gasteiger partial charge < -0.3 is 14.4 Å². The molecule has 1 radical (unpaired) electrons. The molecule has 4 heterocycles. The number of pyridine rings is 2. The Labute approximate surface area is 293 Å². The molecule has 0 N–H and O–H groups in total. The second-order valence-corrected chi connectivity index (χ2v) is 23.2. The van der Waals surface area contributed by atoms with Crippen LogP contribution in [0.3, 0.4) is 0 Å². The Hall–Kier alpha value is -3.94. The summed E-state index contributed by atoms with van der Waals surface area (Å²) >= 11 is 0. The van der Waals surface area contributed by atoms with Crippen molar-refractivity contribution in [3.63, 3.8) is 0 Å². The third-order valence-electron chi connectivity index (χ3n) is 9.39. The molecule has 6 heteroatoms. The molecule has 0 saturated heterocycles. The van der Waals surface area contributed by atoms with Crippen molar-refractivity contribution in [2.45, 2.75) is 46.6 Å². The van der Waals surface area contributed by atoms with Crippen LogP contribution in [-0.4, -0.2) is 26.1 Å². The van der Waals surface area contributed by atoms with Crippen molar-refractivity contribution in [2.75, 3.05) is 0 Å². The van der Waals surface area contributed by atoms with Gasteiger partial charge in [-0.3, -0.25) is 0 Å². The van der Waals surface area contributed by atoms with E-state index >= 15 is 0 Å². The number of furan rings is 1. The van der Waals surface area contributed by atoms with Crippen LogP contribution in [0.15, 0.2) is 108 Å². The van der Waals surface area contributed by atoms with E-state index in [1.165, 1.54) is 43.2 Å². The maximum atomic E-state index is 6.65. The summed E-state index contributed by atoms with van der Waals surface area (Å²) in [6.45, 7) is 16.1. The molecule has 0 saturated carbocycles. The molecule has 8 rings (SSSR count). The van der Waals surface area contributed by atoms with Crippen LogP contribution < -0.4 is 15.6 Å². The first-order valence-corrected chi connectivity index (χ1v) is 22.4. The zero-order valence-corrected chi connectivity index (χ0v) is 32.3. The van der Waals surface area contributed by atoms with Gasteiger partial charge in [-0.1, -0.05) is 104 Å². The minimum absolute atomic E-state index is 0. The molecule has 7 aromatic rings. The van der Waals surface area contributed by atoms with Crippen LogP contribution in [0.25, 0.3) is 55.6 Å². The molecule has 0 spiro atoms. The van der Waals surface area contributed by atoms with Crippen LogP contribution in [0.4, 0.5) is 0 Å². The second-order valence-electron chi connectivity index (χ2n) is 13.8. The zero-order valence-electron chi connectivity index (χ0n) is 28.0. The molecule has 237 valence electrons. The Kier molecular flexibility index (Phi) is 8.83. The first-order chi connectivity index (χ1) is 22.0. The van der Waals surface area contributed by atoms with E-state index in [1.807, 2.05) is 42.7 Å². The normalized spacial score (nSPS) is 13.0. The van der Waals surface area contributed by atoms with Crippen molar-refractivity contribution in [1.82, 2.24) is 9.97 Å². The molecule has 1 aliphatic rings. The summed E-state index contributed by atoms with van der Waals surface area (Å²) in [4.78, 5) is 9.20. The molecule has 0 aliphatic carbocycles. The SMILES string of the molecule is C[Si](C)(C)c1ccc(-c2[c-]cccc2)nc1.Cc1cnc(-c2[c-]ccc3c2oc2c4c(ccc23)[Si](C)(C)c2ccccc2-4)cc1C.[Ir]. The number of aromatic nitrogens is 2. The maximum Gasteiger partial charge on any atom is 0.128 e. The van der Waals surface area contributed by atoms with E-state index in [2.05, 4.69) is 129 Å². The van der Waals surface area contributed by atoms with Gasteiger partial charge in [0, 0.05) is 43.4 Å². The van der Waals surface area contributed by atoms with E-state index in [0.29, 0.717) is 0 Å². The van der Waals surface area contributed by atoms with Gasteiger partial charge in [0.2, 0.25) is 0 Å². The largest absolute Gasteiger partial charge is 0.500 e. The Morgan fingerprint density at radius 3 is 2.13 bits per heavy atom. The summed E-state index contributed by atoms with van der Waals surface area (Å²) in [6.07, 6.45) is 3.95. The summed E-state index contributed by atoms with van der Waals surface area (Å²) in [5, 5.41) is 6.66. The molecule has 47 heavy (non-hydrogen) atoms. The molecule has 0 atom stereocenters. The van der Waals surface area contributed by atoms with Crippen molar-refractivity contribution in [1.29, 1.82) is 0 Å². The molecular weight excluding hydrogens is 785 g/mol. The maximum absolute atomic E-state index is 6.65. The van der Waals surface area contributed by atoms with Gasteiger partial charge in [0.05, 0.1) is 13.7 Å². The van der Waals surface area contributed by atoms with Gasteiger partial charge in [0.15, 0.2) is 0 Å². The number of hydrogen-bond acceptors (Lipinski definition) is 3. The average Bonchev–Trinajstić information content (AvgIpc) is 3.55. The molecule has 0 unspecified atom stereocenters. The van der Waals surface area contributed by atoms with Crippen molar-refractivity contribution in [2.24, 2.45) is 0 Å². The first-order valence-electron chi connectivity index (χ1n) is 15.9. The minimum atomic E-state index is -1.72. The zero-order chi connectivity index (χ0) is 32.2. The smallest absolute Gasteiger partial charge is 0.128 e. The molecule has 0 amide bonds. The average molecular weight is 823 g/mol. The molecule has 0 fully saturated rings. The van der Waals surface area contributed by atoms with Gasteiger partial charge in [-0.25, -0.2) is 0 Å². The number of nitrogens with zero attached hydrogens (tertiary/aromatic N) is 2. The fourth-order valence-corrected chi connectivity index (χ4v) is 10.6. The van der Waals surface area contributed by atoms with Crippen molar-refractivity contribution >= 4 is 53.6 Å². The standard InChI is InChI=1S/C27H22NOSi.C14H16NSi.Ir/c1-16-14-22(28-15-17(16)2)20-10-7-9-18-19-12-13-24-25(27(19)29-26(18)20)21-8-5-6-11-23(21)30(24,3)4;1-16(2,3)13-9-10-14(15-11-13)12-7-5-4-6-8-12;/h5-9,11-15H,1-4H3;4-7,9-11H,1-3H3;/q2*-1;. The summed E-state index contributed by atoms with van der Waals surface area (Å²) < 4.78 is 6.65. The predicted octanol–water partition coefficient (Wildman–Crippen LogP) is 8.96.